The second-order valence-corrected chi connectivity index (χ2v) is 6.21. The van der Waals surface area contributed by atoms with Gasteiger partial charge < -0.3 is 5.32 Å². The number of carbonyl (C=O) groups is 1. The topological polar surface area (TPSA) is 44.7 Å². The lowest BCUT2D eigenvalue weighted by Crippen LogP contribution is -2.32. The normalized spacial score (nSPS) is 17.4. The lowest BCUT2D eigenvalue weighted by atomic mass is 10.2. The smallest absolute Gasteiger partial charge is 0.281 e. The van der Waals surface area contributed by atoms with Crippen molar-refractivity contribution in [1.29, 1.82) is 0 Å². The molecule has 0 bridgehead atoms. The minimum absolute atomic E-state index is 0.138. The Morgan fingerprint density at radius 3 is 2.68 bits per heavy atom. The van der Waals surface area contributed by atoms with Crippen LogP contribution in [0.4, 0.5) is 5.69 Å². The molecule has 0 radical (unpaired) electrons. The first kappa shape index (κ1) is 17.2. The van der Waals surface area contributed by atoms with Gasteiger partial charge in [0, 0.05) is 11.6 Å². The Morgan fingerprint density at radius 1 is 1.16 bits per heavy atom. The summed E-state index contributed by atoms with van der Waals surface area (Å²) in [5.74, 6) is 0.407. The van der Waals surface area contributed by atoms with Crippen molar-refractivity contribution in [3.8, 4) is 0 Å². The maximum atomic E-state index is 12.9. The number of halogens is 1. The Kier molecular flexibility index (Phi) is 5.51. The van der Waals surface area contributed by atoms with Gasteiger partial charge in [-0.2, -0.15) is 0 Å². The number of unbranched alkanes of at least 4 members (excludes halogenated alkanes) is 1. The summed E-state index contributed by atoms with van der Waals surface area (Å²) in [5.41, 5.74) is 2.16. The monoisotopic (exact) mass is 353 g/mol. The van der Waals surface area contributed by atoms with Crippen LogP contribution in [0.5, 0.6) is 0 Å². The largest absolute Gasteiger partial charge is 0.321 e. The highest BCUT2D eigenvalue weighted by atomic mass is 35.5. The number of benzene rings is 2. The molecule has 1 saturated heterocycles. The Balaban J connectivity index is 1.96. The molecule has 0 aliphatic carbocycles. The van der Waals surface area contributed by atoms with Gasteiger partial charge in [-0.3, -0.25) is 9.79 Å². The number of rotatable bonds is 5. The zero-order valence-electron chi connectivity index (χ0n) is 14.1. The first-order valence-corrected chi connectivity index (χ1v) is 8.75. The van der Waals surface area contributed by atoms with Crippen molar-refractivity contribution >= 4 is 35.2 Å². The highest BCUT2D eigenvalue weighted by Crippen LogP contribution is 2.25. The third kappa shape index (κ3) is 4.09. The Bertz CT molecular complexity index is 815. The molecule has 0 unspecified atom stereocenters. The molecule has 128 valence electrons. The van der Waals surface area contributed by atoms with Gasteiger partial charge in [-0.05, 0) is 36.3 Å². The van der Waals surface area contributed by atoms with Crippen LogP contribution < -0.4 is 10.2 Å². The predicted octanol–water partition coefficient (Wildman–Crippen LogP) is 4.47. The molecule has 1 amide bonds. The number of nitrogens with zero attached hydrogens (tertiary/aromatic N) is 2. The van der Waals surface area contributed by atoms with Crippen LogP contribution in [0.2, 0.25) is 5.02 Å². The van der Waals surface area contributed by atoms with Crippen molar-refractivity contribution in [2.45, 2.75) is 19.8 Å². The van der Waals surface area contributed by atoms with Gasteiger partial charge >= 0.3 is 0 Å². The fraction of sp³-hybridized carbons (Fsp3) is 0.200. The van der Waals surface area contributed by atoms with E-state index in [1.807, 2.05) is 48.5 Å². The maximum Gasteiger partial charge on any atom is 0.281 e. The number of amides is 1. The molecule has 5 heteroatoms. The van der Waals surface area contributed by atoms with E-state index in [4.69, 9.17) is 11.6 Å². The van der Waals surface area contributed by atoms with Gasteiger partial charge in [0.05, 0.1) is 5.69 Å². The average molecular weight is 354 g/mol. The van der Waals surface area contributed by atoms with E-state index in [0.717, 1.165) is 18.4 Å². The molecule has 0 aromatic heterocycles. The summed E-state index contributed by atoms with van der Waals surface area (Å²) in [6.07, 6.45) is 3.86. The van der Waals surface area contributed by atoms with Crippen molar-refractivity contribution in [3.05, 3.63) is 70.9 Å². The van der Waals surface area contributed by atoms with Gasteiger partial charge in [0.15, 0.2) is 0 Å². The van der Waals surface area contributed by atoms with Crippen molar-refractivity contribution in [2.75, 3.05) is 11.4 Å². The molecule has 3 rings (SSSR count). The molecule has 1 aliphatic rings. The number of carbonyl (C=O) groups excluding carboxylic acids is 1. The SMILES string of the molecule is CCCCN=C1N/C(=C\c2ccccc2)C(=O)N1c1cccc(Cl)c1. The van der Waals surface area contributed by atoms with Crippen molar-refractivity contribution < 1.29 is 4.79 Å². The molecular weight excluding hydrogens is 334 g/mol. The van der Waals surface area contributed by atoms with E-state index >= 15 is 0 Å². The second-order valence-electron chi connectivity index (χ2n) is 5.77. The van der Waals surface area contributed by atoms with Crippen LogP contribution >= 0.6 is 11.6 Å². The molecule has 25 heavy (non-hydrogen) atoms. The van der Waals surface area contributed by atoms with Crippen LogP contribution in [0.15, 0.2) is 65.3 Å². The molecule has 0 saturated carbocycles. The zero-order chi connectivity index (χ0) is 17.6. The molecule has 1 heterocycles. The lowest BCUT2D eigenvalue weighted by molar-refractivity contribution is -0.113. The summed E-state index contributed by atoms with van der Waals surface area (Å²) in [7, 11) is 0. The van der Waals surface area contributed by atoms with E-state index in [1.165, 1.54) is 0 Å². The van der Waals surface area contributed by atoms with Gasteiger partial charge in [0.1, 0.15) is 5.70 Å². The van der Waals surface area contributed by atoms with Crippen molar-refractivity contribution in [1.82, 2.24) is 5.32 Å². The quantitative estimate of drug-likeness (QED) is 0.636. The molecule has 1 aliphatic heterocycles. The van der Waals surface area contributed by atoms with Crippen LogP contribution in [0.3, 0.4) is 0 Å². The van der Waals surface area contributed by atoms with E-state index in [-0.39, 0.29) is 5.91 Å². The Morgan fingerprint density at radius 2 is 1.96 bits per heavy atom. The minimum atomic E-state index is -0.138. The zero-order valence-corrected chi connectivity index (χ0v) is 14.8. The number of guanidine groups is 1. The van der Waals surface area contributed by atoms with Gasteiger partial charge in [0.25, 0.3) is 5.91 Å². The first-order chi connectivity index (χ1) is 12.2. The highest BCUT2D eigenvalue weighted by Gasteiger charge is 2.33. The highest BCUT2D eigenvalue weighted by molar-refractivity contribution is 6.32. The molecule has 2 aromatic carbocycles. The van der Waals surface area contributed by atoms with Gasteiger partial charge in [-0.15, -0.1) is 0 Å². The molecular formula is C20H20ClN3O. The van der Waals surface area contributed by atoms with E-state index in [9.17, 15) is 4.79 Å². The lowest BCUT2D eigenvalue weighted by Gasteiger charge is -2.15. The number of hydrogen-bond acceptors (Lipinski definition) is 2. The molecule has 2 aromatic rings. The molecule has 1 fully saturated rings. The maximum absolute atomic E-state index is 12.9. The van der Waals surface area contributed by atoms with Crippen LogP contribution in [0.25, 0.3) is 6.08 Å². The second kappa shape index (κ2) is 7.99. The minimum Gasteiger partial charge on any atom is -0.321 e. The molecule has 4 nitrogen and oxygen atoms in total. The summed E-state index contributed by atoms with van der Waals surface area (Å²) < 4.78 is 0. The van der Waals surface area contributed by atoms with Crippen molar-refractivity contribution in [2.24, 2.45) is 4.99 Å². The third-order valence-electron chi connectivity index (χ3n) is 3.84. The number of anilines is 1. The standard InChI is InChI=1S/C20H20ClN3O/c1-2-3-12-22-20-23-18(13-15-8-5-4-6-9-15)19(25)24(20)17-11-7-10-16(21)14-17/h4-11,13-14H,2-3,12H2,1H3,(H,22,23)/b18-13-. The molecule has 0 spiro atoms. The van der Waals surface area contributed by atoms with E-state index in [1.54, 1.807) is 17.0 Å². The van der Waals surface area contributed by atoms with Gasteiger partial charge in [0.2, 0.25) is 5.96 Å². The van der Waals surface area contributed by atoms with Crippen molar-refractivity contribution in [3.63, 3.8) is 0 Å². The first-order valence-electron chi connectivity index (χ1n) is 8.37. The van der Waals surface area contributed by atoms with Crippen LogP contribution in [-0.2, 0) is 4.79 Å². The summed E-state index contributed by atoms with van der Waals surface area (Å²) in [6, 6.07) is 17.0. The van der Waals surface area contributed by atoms with E-state index < -0.39 is 0 Å². The van der Waals surface area contributed by atoms with Gasteiger partial charge in [-0.25, -0.2) is 4.90 Å². The number of aliphatic imine (C=N–C) groups is 1. The van der Waals surface area contributed by atoms with Crippen LogP contribution in [0.1, 0.15) is 25.3 Å². The van der Waals surface area contributed by atoms with Crippen LogP contribution in [-0.4, -0.2) is 18.4 Å². The van der Waals surface area contributed by atoms with E-state index in [2.05, 4.69) is 17.2 Å². The summed E-state index contributed by atoms with van der Waals surface area (Å²) in [5, 5.41) is 3.74. The number of nitrogens with one attached hydrogen (secondary N) is 1. The Labute approximate surface area is 152 Å². The summed E-state index contributed by atoms with van der Waals surface area (Å²) in [4.78, 5) is 19.1. The fourth-order valence-corrected chi connectivity index (χ4v) is 2.75. The Hall–Kier alpha value is -2.59. The molecule has 0 atom stereocenters. The fourth-order valence-electron chi connectivity index (χ4n) is 2.57. The van der Waals surface area contributed by atoms with Gasteiger partial charge in [-0.1, -0.05) is 61.3 Å². The van der Waals surface area contributed by atoms with E-state index in [0.29, 0.717) is 28.9 Å². The summed E-state index contributed by atoms with van der Waals surface area (Å²) in [6.45, 7) is 2.78. The number of hydrogen-bond donors (Lipinski definition) is 1. The molecule has 1 N–H and O–H groups in total. The predicted molar refractivity (Wildman–Crippen MR) is 104 cm³/mol. The third-order valence-corrected chi connectivity index (χ3v) is 4.08. The van der Waals surface area contributed by atoms with Crippen LogP contribution in [0, 0.1) is 0 Å². The average Bonchev–Trinajstić information content (AvgIpc) is 2.92. The summed E-state index contributed by atoms with van der Waals surface area (Å²) >= 11 is 6.10.